The minimum atomic E-state index is 0.449. The van der Waals surface area contributed by atoms with Gasteiger partial charge in [0.15, 0.2) is 0 Å². The Morgan fingerprint density at radius 3 is 2.54 bits per heavy atom. The summed E-state index contributed by atoms with van der Waals surface area (Å²) in [5, 5.41) is 12.3. The molecule has 4 aromatic rings. The smallest absolute Gasteiger partial charge is 0.227 e. The van der Waals surface area contributed by atoms with Crippen LogP contribution in [0.4, 0.5) is 11.5 Å². The summed E-state index contributed by atoms with van der Waals surface area (Å²) in [7, 11) is 0. The van der Waals surface area contributed by atoms with Crippen molar-refractivity contribution in [1.29, 1.82) is 5.26 Å². The van der Waals surface area contributed by atoms with Gasteiger partial charge in [-0.2, -0.15) is 5.26 Å². The number of rotatable bonds is 5. The lowest BCUT2D eigenvalue weighted by Crippen LogP contribution is -1.94. The maximum atomic E-state index is 9.10. The van der Waals surface area contributed by atoms with Gasteiger partial charge in [-0.25, -0.2) is 9.97 Å². The Bertz CT molecular complexity index is 1120. The predicted molar refractivity (Wildman–Crippen MR) is 106 cm³/mol. The highest BCUT2D eigenvalue weighted by Crippen LogP contribution is 2.31. The van der Waals surface area contributed by atoms with Crippen LogP contribution in [-0.2, 0) is 0 Å². The van der Waals surface area contributed by atoms with Crippen molar-refractivity contribution in [2.75, 3.05) is 5.32 Å². The van der Waals surface area contributed by atoms with Crippen LogP contribution in [-0.4, -0.2) is 15.0 Å². The lowest BCUT2D eigenvalue weighted by molar-refractivity contribution is 0.465. The molecule has 134 valence electrons. The van der Waals surface area contributed by atoms with E-state index in [1.54, 1.807) is 24.7 Å². The molecule has 0 aliphatic rings. The number of anilines is 2. The molecule has 0 unspecified atom stereocenters. The molecule has 1 aromatic carbocycles. The van der Waals surface area contributed by atoms with Crippen LogP contribution >= 0.6 is 0 Å². The normalized spacial score (nSPS) is 10.1. The molecule has 0 radical (unpaired) electrons. The van der Waals surface area contributed by atoms with Gasteiger partial charge >= 0.3 is 0 Å². The van der Waals surface area contributed by atoms with Crippen molar-refractivity contribution in [2.24, 2.45) is 0 Å². The van der Waals surface area contributed by atoms with Gasteiger partial charge in [0.05, 0.1) is 5.56 Å². The molecule has 0 saturated heterocycles. The largest absolute Gasteiger partial charge is 0.438 e. The summed E-state index contributed by atoms with van der Waals surface area (Å²) in [6.45, 7) is 0. The predicted octanol–water partition coefficient (Wildman–Crippen LogP) is 4.95. The van der Waals surface area contributed by atoms with Gasteiger partial charge in [-0.3, -0.25) is 4.98 Å². The van der Waals surface area contributed by atoms with Crippen LogP contribution in [0.5, 0.6) is 11.6 Å². The van der Waals surface area contributed by atoms with Crippen LogP contribution in [0, 0.1) is 11.3 Å². The molecule has 0 aliphatic carbocycles. The minimum Gasteiger partial charge on any atom is -0.438 e. The van der Waals surface area contributed by atoms with Gasteiger partial charge in [0, 0.05) is 41.6 Å². The fraction of sp³-hybridized carbons (Fsp3) is 0. The number of pyridine rings is 3. The van der Waals surface area contributed by atoms with E-state index >= 15 is 0 Å². The third-order valence-electron chi connectivity index (χ3n) is 3.96. The highest BCUT2D eigenvalue weighted by Gasteiger charge is 2.10. The number of nitriles is 1. The summed E-state index contributed by atoms with van der Waals surface area (Å²) in [5.74, 6) is 1.87. The highest BCUT2D eigenvalue weighted by atomic mass is 16.5. The van der Waals surface area contributed by atoms with Gasteiger partial charge < -0.3 is 10.1 Å². The lowest BCUT2D eigenvalue weighted by Gasteiger charge is -2.11. The molecule has 6 nitrogen and oxygen atoms in total. The third kappa shape index (κ3) is 3.94. The Kier molecular flexibility index (Phi) is 4.90. The molecule has 0 fully saturated rings. The Morgan fingerprint density at radius 1 is 0.893 bits per heavy atom. The minimum absolute atomic E-state index is 0.449. The average Bonchev–Trinajstić information content (AvgIpc) is 2.76. The molecular weight excluding hydrogens is 350 g/mol. The molecule has 0 atom stereocenters. The molecular formula is C22H15N5O. The summed E-state index contributed by atoms with van der Waals surface area (Å²) in [5.41, 5.74) is 2.92. The summed E-state index contributed by atoms with van der Waals surface area (Å²) >= 11 is 0. The van der Waals surface area contributed by atoms with Crippen LogP contribution in [0.2, 0.25) is 0 Å². The van der Waals surface area contributed by atoms with Crippen molar-refractivity contribution < 1.29 is 4.74 Å². The summed E-state index contributed by atoms with van der Waals surface area (Å²) < 4.78 is 5.98. The molecule has 0 spiro atoms. The maximum absolute atomic E-state index is 9.10. The highest BCUT2D eigenvalue weighted by molar-refractivity contribution is 5.69. The lowest BCUT2D eigenvalue weighted by atomic mass is 10.1. The van der Waals surface area contributed by atoms with E-state index in [0.717, 1.165) is 22.6 Å². The van der Waals surface area contributed by atoms with Gasteiger partial charge in [0.25, 0.3) is 0 Å². The van der Waals surface area contributed by atoms with Crippen molar-refractivity contribution >= 4 is 11.5 Å². The number of aromatic nitrogens is 3. The van der Waals surface area contributed by atoms with E-state index in [-0.39, 0.29) is 0 Å². The SMILES string of the molecule is N#Cc1cncc(-c2cccnc2Oc2ccc(Nc3ccccn3)cc2)c1. The zero-order valence-corrected chi connectivity index (χ0v) is 14.8. The maximum Gasteiger partial charge on any atom is 0.227 e. The van der Waals surface area contributed by atoms with Crippen molar-refractivity contribution in [3.8, 4) is 28.8 Å². The van der Waals surface area contributed by atoms with Crippen molar-refractivity contribution in [3.63, 3.8) is 0 Å². The van der Waals surface area contributed by atoms with E-state index in [1.807, 2.05) is 54.6 Å². The molecule has 0 bridgehead atoms. The van der Waals surface area contributed by atoms with E-state index in [1.165, 1.54) is 6.20 Å². The second-order valence-corrected chi connectivity index (χ2v) is 5.90. The first kappa shape index (κ1) is 17.2. The molecule has 3 heterocycles. The first-order valence-electron chi connectivity index (χ1n) is 8.58. The second kappa shape index (κ2) is 7.98. The quantitative estimate of drug-likeness (QED) is 0.539. The van der Waals surface area contributed by atoms with Crippen LogP contribution in [0.25, 0.3) is 11.1 Å². The van der Waals surface area contributed by atoms with Crippen molar-refractivity contribution in [3.05, 3.63) is 91.0 Å². The first-order chi connectivity index (χ1) is 13.8. The van der Waals surface area contributed by atoms with E-state index < -0.39 is 0 Å². The molecule has 0 saturated carbocycles. The first-order valence-corrected chi connectivity index (χ1v) is 8.58. The third-order valence-corrected chi connectivity index (χ3v) is 3.96. The molecule has 0 aliphatic heterocycles. The number of benzene rings is 1. The number of nitrogens with zero attached hydrogens (tertiary/aromatic N) is 4. The van der Waals surface area contributed by atoms with Gasteiger partial charge in [0.2, 0.25) is 5.88 Å². The van der Waals surface area contributed by atoms with Crippen molar-refractivity contribution in [1.82, 2.24) is 15.0 Å². The fourth-order valence-corrected chi connectivity index (χ4v) is 2.64. The number of hydrogen-bond acceptors (Lipinski definition) is 6. The summed E-state index contributed by atoms with van der Waals surface area (Å²) in [6, 6.07) is 20.8. The van der Waals surface area contributed by atoms with Gasteiger partial charge in [-0.15, -0.1) is 0 Å². The topological polar surface area (TPSA) is 83.7 Å². The average molecular weight is 365 g/mol. The van der Waals surface area contributed by atoms with Gasteiger partial charge in [0.1, 0.15) is 17.6 Å². The van der Waals surface area contributed by atoms with Crippen LogP contribution in [0.1, 0.15) is 5.56 Å². The van der Waals surface area contributed by atoms with Gasteiger partial charge in [-0.05, 0) is 54.6 Å². The van der Waals surface area contributed by atoms with Gasteiger partial charge in [-0.1, -0.05) is 6.07 Å². The Balaban J connectivity index is 1.56. The molecule has 4 rings (SSSR count). The standard InChI is InChI=1S/C22H15N5O/c23-13-16-12-17(15-24-14-16)20-4-3-11-26-22(20)28-19-8-6-18(7-9-19)27-21-5-1-2-10-25-21/h1-12,14-15H,(H,25,27). The van der Waals surface area contributed by atoms with Crippen LogP contribution in [0.3, 0.4) is 0 Å². The zero-order valence-electron chi connectivity index (χ0n) is 14.8. The second-order valence-electron chi connectivity index (χ2n) is 5.90. The monoisotopic (exact) mass is 365 g/mol. The van der Waals surface area contributed by atoms with Crippen LogP contribution in [0.15, 0.2) is 85.5 Å². The fourth-order valence-electron chi connectivity index (χ4n) is 2.64. The summed E-state index contributed by atoms with van der Waals surface area (Å²) in [6.07, 6.45) is 6.61. The van der Waals surface area contributed by atoms with E-state index in [9.17, 15) is 0 Å². The molecule has 1 N–H and O–H groups in total. The summed E-state index contributed by atoms with van der Waals surface area (Å²) in [4.78, 5) is 12.7. The Hall–Kier alpha value is -4.24. The number of hydrogen-bond donors (Lipinski definition) is 1. The molecule has 3 aromatic heterocycles. The van der Waals surface area contributed by atoms with E-state index in [4.69, 9.17) is 10.00 Å². The van der Waals surface area contributed by atoms with Crippen molar-refractivity contribution in [2.45, 2.75) is 0 Å². The molecule has 28 heavy (non-hydrogen) atoms. The molecule has 6 heteroatoms. The number of ether oxygens (including phenoxy) is 1. The Morgan fingerprint density at radius 2 is 1.75 bits per heavy atom. The Labute approximate surface area is 162 Å². The van der Waals surface area contributed by atoms with E-state index in [2.05, 4.69) is 26.3 Å². The molecule has 0 amide bonds. The van der Waals surface area contributed by atoms with Crippen LogP contribution < -0.4 is 10.1 Å². The number of nitrogens with one attached hydrogen (secondary N) is 1. The van der Waals surface area contributed by atoms with E-state index in [0.29, 0.717) is 17.2 Å². The zero-order chi connectivity index (χ0) is 19.2.